The Hall–Kier alpha value is -4.20. The Morgan fingerprint density at radius 2 is 1.86 bits per heavy atom. The van der Waals surface area contributed by atoms with Crippen molar-refractivity contribution < 1.29 is 14.8 Å². The van der Waals surface area contributed by atoms with Gasteiger partial charge in [0.25, 0.3) is 5.69 Å². The first kappa shape index (κ1) is 18.2. The van der Waals surface area contributed by atoms with Gasteiger partial charge in [0.2, 0.25) is 0 Å². The van der Waals surface area contributed by atoms with Crippen molar-refractivity contribution in [1.82, 2.24) is 9.97 Å². The molecule has 29 heavy (non-hydrogen) atoms. The number of anilines is 2. The van der Waals surface area contributed by atoms with Crippen LogP contribution in [0.2, 0.25) is 0 Å². The molecule has 2 N–H and O–H groups in total. The summed E-state index contributed by atoms with van der Waals surface area (Å²) in [6.07, 6.45) is 1.24. The van der Waals surface area contributed by atoms with E-state index in [1.165, 1.54) is 18.5 Å². The van der Waals surface area contributed by atoms with Crippen molar-refractivity contribution in [3.63, 3.8) is 0 Å². The van der Waals surface area contributed by atoms with E-state index in [-0.39, 0.29) is 17.0 Å². The molecule has 0 unspecified atom stereocenters. The lowest BCUT2D eigenvalue weighted by Gasteiger charge is -2.12. The SMILES string of the molecule is O=[N+]([O-])c1cccc2c(Nc3ccc(OCc4ccccc4)cc3O)ncnc12. The summed E-state index contributed by atoms with van der Waals surface area (Å²) in [6.45, 7) is 0.382. The number of aromatic nitrogens is 2. The van der Waals surface area contributed by atoms with Crippen LogP contribution in [0.3, 0.4) is 0 Å². The van der Waals surface area contributed by atoms with Gasteiger partial charge < -0.3 is 15.2 Å². The van der Waals surface area contributed by atoms with Crippen molar-refractivity contribution in [3.05, 3.63) is 88.7 Å². The third-order valence-electron chi connectivity index (χ3n) is 4.31. The Labute approximate surface area is 165 Å². The van der Waals surface area contributed by atoms with Crippen LogP contribution in [0.15, 0.2) is 73.1 Å². The first-order chi connectivity index (χ1) is 14.1. The lowest BCUT2D eigenvalue weighted by molar-refractivity contribution is -0.383. The summed E-state index contributed by atoms with van der Waals surface area (Å²) in [7, 11) is 0. The van der Waals surface area contributed by atoms with Gasteiger partial charge in [0, 0.05) is 12.1 Å². The number of hydrogen-bond acceptors (Lipinski definition) is 7. The summed E-state index contributed by atoms with van der Waals surface area (Å²) in [4.78, 5) is 18.9. The minimum absolute atomic E-state index is 0.0345. The summed E-state index contributed by atoms with van der Waals surface area (Å²) < 4.78 is 5.70. The average molecular weight is 388 g/mol. The summed E-state index contributed by atoms with van der Waals surface area (Å²) >= 11 is 0. The van der Waals surface area contributed by atoms with Gasteiger partial charge in [0.1, 0.15) is 30.3 Å². The summed E-state index contributed by atoms with van der Waals surface area (Å²) in [5, 5.41) is 25.1. The molecule has 8 heteroatoms. The molecule has 0 atom stereocenters. The maximum absolute atomic E-state index is 11.2. The zero-order valence-electron chi connectivity index (χ0n) is 15.1. The van der Waals surface area contributed by atoms with Crippen molar-refractivity contribution in [2.45, 2.75) is 6.61 Å². The number of fused-ring (bicyclic) bond motifs is 1. The number of nitro benzene ring substituents is 1. The molecule has 0 amide bonds. The molecule has 0 aliphatic heterocycles. The monoisotopic (exact) mass is 388 g/mol. The maximum atomic E-state index is 11.2. The van der Waals surface area contributed by atoms with Crippen molar-refractivity contribution in [3.8, 4) is 11.5 Å². The van der Waals surface area contributed by atoms with E-state index >= 15 is 0 Å². The van der Waals surface area contributed by atoms with Gasteiger partial charge in [-0.25, -0.2) is 9.97 Å². The number of rotatable bonds is 6. The largest absolute Gasteiger partial charge is 0.506 e. The minimum atomic E-state index is -0.491. The molecule has 0 saturated heterocycles. The van der Waals surface area contributed by atoms with Crippen molar-refractivity contribution in [1.29, 1.82) is 0 Å². The fraction of sp³-hybridized carbons (Fsp3) is 0.0476. The van der Waals surface area contributed by atoms with Crippen molar-refractivity contribution >= 4 is 28.1 Å². The smallest absolute Gasteiger partial charge is 0.295 e. The second-order valence-electron chi connectivity index (χ2n) is 6.23. The van der Waals surface area contributed by atoms with Crippen LogP contribution in [0, 0.1) is 10.1 Å². The molecule has 0 spiro atoms. The number of nitrogens with zero attached hydrogens (tertiary/aromatic N) is 3. The Kier molecular flexibility index (Phi) is 4.90. The van der Waals surface area contributed by atoms with Crippen molar-refractivity contribution in [2.75, 3.05) is 5.32 Å². The van der Waals surface area contributed by atoms with E-state index in [0.717, 1.165) is 5.56 Å². The molecular weight excluding hydrogens is 372 g/mol. The van der Waals surface area contributed by atoms with Crippen molar-refractivity contribution in [2.24, 2.45) is 0 Å². The highest BCUT2D eigenvalue weighted by molar-refractivity contribution is 5.96. The standard InChI is InChI=1S/C21H16N4O4/c26-19-11-15(29-12-14-5-2-1-3-6-14)9-10-17(19)24-21-16-7-4-8-18(25(27)28)20(16)22-13-23-21/h1-11,13,26H,12H2,(H,22,23,24). The number of hydrogen-bond donors (Lipinski definition) is 2. The van der Waals surface area contributed by atoms with Gasteiger partial charge in [-0.1, -0.05) is 36.4 Å². The van der Waals surface area contributed by atoms with Crippen LogP contribution in [0.1, 0.15) is 5.56 Å². The molecule has 0 saturated carbocycles. The molecule has 0 bridgehead atoms. The van der Waals surface area contributed by atoms with Gasteiger partial charge in [0.05, 0.1) is 16.0 Å². The van der Waals surface area contributed by atoms with E-state index in [4.69, 9.17) is 4.74 Å². The summed E-state index contributed by atoms with van der Waals surface area (Å²) in [5.41, 5.74) is 1.52. The third kappa shape index (κ3) is 3.91. The zero-order chi connectivity index (χ0) is 20.2. The van der Waals surface area contributed by atoms with E-state index in [0.29, 0.717) is 29.2 Å². The lowest BCUT2D eigenvalue weighted by atomic mass is 10.2. The highest BCUT2D eigenvalue weighted by Crippen LogP contribution is 2.33. The van der Waals surface area contributed by atoms with Crippen LogP contribution in [-0.4, -0.2) is 20.0 Å². The molecule has 0 aliphatic rings. The maximum Gasteiger partial charge on any atom is 0.295 e. The second kappa shape index (κ2) is 7.81. The second-order valence-corrected chi connectivity index (χ2v) is 6.23. The average Bonchev–Trinajstić information content (AvgIpc) is 2.74. The molecule has 8 nitrogen and oxygen atoms in total. The van der Waals surface area contributed by atoms with E-state index in [9.17, 15) is 15.2 Å². The number of ether oxygens (including phenoxy) is 1. The molecule has 0 aliphatic carbocycles. The Morgan fingerprint density at radius 1 is 1.03 bits per heavy atom. The molecule has 0 fully saturated rings. The predicted molar refractivity (Wildman–Crippen MR) is 108 cm³/mol. The first-order valence-corrected chi connectivity index (χ1v) is 8.77. The van der Waals surface area contributed by atoms with E-state index < -0.39 is 4.92 Å². The highest BCUT2D eigenvalue weighted by atomic mass is 16.6. The molecule has 3 aromatic carbocycles. The number of nitro groups is 1. The fourth-order valence-electron chi connectivity index (χ4n) is 2.89. The fourth-order valence-corrected chi connectivity index (χ4v) is 2.89. The highest BCUT2D eigenvalue weighted by Gasteiger charge is 2.16. The molecular formula is C21H16N4O4. The Balaban J connectivity index is 1.57. The van der Waals surface area contributed by atoms with Crippen LogP contribution in [0.25, 0.3) is 10.9 Å². The molecule has 144 valence electrons. The topological polar surface area (TPSA) is 110 Å². The molecule has 0 radical (unpaired) electrons. The van der Waals surface area contributed by atoms with E-state index in [1.807, 2.05) is 30.3 Å². The zero-order valence-corrected chi connectivity index (χ0v) is 15.1. The number of phenols is 1. The van der Waals surface area contributed by atoms with E-state index in [2.05, 4.69) is 15.3 Å². The van der Waals surface area contributed by atoms with Gasteiger partial charge in [0.15, 0.2) is 5.52 Å². The minimum Gasteiger partial charge on any atom is -0.506 e. The number of aromatic hydroxyl groups is 1. The Morgan fingerprint density at radius 3 is 2.62 bits per heavy atom. The van der Waals surface area contributed by atoms with Crippen LogP contribution >= 0.6 is 0 Å². The molecule has 1 aromatic heterocycles. The summed E-state index contributed by atoms with van der Waals surface area (Å²) in [6, 6.07) is 19.2. The van der Waals surface area contributed by atoms with Crippen LogP contribution < -0.4 is 10.1 Å². The Bertz CT molecular complexity index is 1180. The normalized spacial score (nSPS) is 10.6. The number of para-hydroxylation sites is 1. The van der Waals surface area contributed by atoms with E-state index in [1.54, 1.807) is 24.3 Å². The number of non-ortho nitro benzene ring substituents is 1. The quantitative estimate of drug-likeness (QED) is 0.283. The van der Waals surface area contributed by atoms with Crippen LogP contribution in [-0.2, 0) is 6.61 Å². The van der Waals surface area contributed by atoms with Crippen LogP contribution in [0.5, 0.6) is 11.5 Å². The lowest BCUT2D eigenvalue weighted by Crippen LogP contribution is -1.99. The van der Waals surface area contributed by atoms with Gasteiger partial charge in [-0.2, -0.15) is 0 Å². The first-order valence-electron chi connectivity index (χ1n) is 8.77. The molecule has 4 aromatic rings. The number of phenolic OH excluding ortho intramolecular Hbond substituents is 1. The van der Waals surface area contributed by atoms with Gasteiger partial charge in [-0.3, -0.25) is 10.1 Å². The number of nitrogens with one attached hydrogen (secondary N) is 1. The third-order valence-corrected chi connectivity index (χ3v) is 4.31. The number of benzene rings is 3. The predicted octanol–water partition coefficient (Wildman–Crippen LogP) is 4.57. The molecule has 1 heterocycles. The van der Waals surface area contributed by atoms with Crippen LogP contribution in [0.4, 0.5) is 17.2 Å². The summed E-state index contributed by atoms with van der Waals surface area (Å²) in [5.74, 6) is 0.833. The van der Waals surface area contributed by atoms with Gasteiger partial charge >= 0.3 is 0 Å². The molecule has 4 rings (SSSR count). The van der Waals surface area contributed by atoms with Gasteiger partial charge in [-0.05, 0) is 23.8 Å². The van der Waals surface area contributed by atoms with Gasteiger partial charge in [-0.15, -0.1) is 0 Å².